The molecule has 1 saturated heterocycles. The number of nitrogens with zero attached hydrogens (tertiary/aromatic N) is 2. The van der Waals surface area contributed by atoms with Gasteiger partial charge in [-0.25, -0.2) is 4.99 Å². The molecule has 1 aliphatic heterocycles. The van der Waals surface area contributed by atoms with Crippen LogP contribution in [0, 0.1) is 0 Å². The van der Waals surface area contributed by atoms with Gasteiger partial charge in [-0.1, -0.05) is 12.1 Å². The number of benzene rings is 1. The summed E-state index contributed by atoms with van der Waals surface area (Å²) in [5.74, 6) is 1.74. The van der Waals surface area contributed by atoms with Crippen LogP contribution in [0.25, 0.3) is 0 Å². The normalized spacial score (nSPS) is 15.4. The molecule has 1 aromatic heterocycles. The number of anilines is 1. The summed E-state index contributed by atoms with van der Waals surface area (Å²) in [6.45, 7) is 6.86. The van der Waals surface area contributed by atoms with Crippen LogP contribution in [0.3, 0.4) is 0 Å². The van der Waals surface area contributed by atoms with Crippen LogP contribution >= 0.6 is 11.3 Å². The fraction of sp³-hybridized carbons (Fsp3) is 0.500. The minimum Gasteiger partial charge on any atom is -0.491 e. The van der Waals surface area contributed by atoms with Gasteiger partial charge in [-0.2, -0.15) is 0 Å². The lowest BCUT2D eigenvalue weighted by molar-refractivity contribution is 0.146. The highest BCUT2D eigenvalue weighted by Crippen LogP contribution is 2.24. The second kappa shape index (κ2) is 11.7. The zero-order valence-electron chi connectivity index (χ0n) is 17.4. The standard InChI is InChI=1S/C22H32N4O2S/c1-3-23-22(24-17-18-6-4-7-20(16-18)28-14-13-27-2)25-19-9-11-26(12-10-19)21-8-5-15-29-21/h4-8,15-16,19H,3,9-14,17H2,1-2H3,(H2,23,24,25). The number of rotatable bonds is 9. The van der Waals surface area contributed by atoms with Crippen LogP contribution in [0.1, 0.15) is 25.3 Å². The first-order valence-electron chi connectivity index (χ1n) is 10.3. The number of nitrogens with one attached hydrogen (secondary N) is 2. The number of piperidine rings is 1. The summed E-state index contributed by atoms with van der Waals surface area (Å²) in [5.41, 5.74) is 1.13. The van der Waals surface area contributed by atoms with E-state index in [1.165, 1.54) is 5.00 Å². The van der Waals surface area contributed by atoms with E-state index in [1.807, 2.05) is 29.5 Å². The van der Waals surface area contributed by atoms with Crippen LogP contribution in [0.4, 0.5) is 5.00 Å². The van der Waals surface area contributed by atoms with Crippen molar-refractivity contribution in [1.82, 2.24) is 10.6 Å². The van der Waals surface area contributed by atoms with Crippen LogP contribution in [0.5, 0.6) is 5.75 Å². The van der Waals surface area contributed by atoms with Gasteiger partial charge in [-0.05, 0) is 55.0 Å². The summed E-state index contributed by atoms with van der Waals surface area (Å²) < 4.78 is 10.7. The molecular formula is C22H32N4O2S. The summed E-state index contributed by atoms with van der Waals surface area (Å²) in [6.07, 6.45) is 2.23. The molecule has 0 spiro atoms. The molecule has 158 valence electrons. The molecule has 0 aliphatic carbocycles. The zero-order valence-corrected chi connectivity index (χ0v) is 18.2. The highest BCUT2D eigenvalue weighted by Gasteiger charge is 2.20. The van der Waals surface area contributed by atoms with E-state index in [0.29, 0.717) is 25.8 Å². The second-order valence-electron chi connectivity index (χ2n) is 7.04. The molecule has 0 amide bonds. The Morgan fingerprint density at radius 1 is 1.21 bits per heavy atom. The van der Waals surface area contributed by atoms with E-state index in [0.717, 1.165) is 49.7 Å². The molecule has 0 saturated carbocycles. The maximum Gasteiger partial charge on any atom is 0.191 e. The first-order valence-corrected chi connectivity index (χ1v) is 11.2. The van der Waals surface area contributed by atoms with Crippen molar-refractivity contribution in [3.05, 3.63) is 47.3 Å². The fourth-order valence-corrected chi connectivity index (χ4v) is 4.14. The van der Waals surface area contributed by atoms with Crippen LogP contribution in [-0.2, 0) is 11.3 Å². The SMILES string of the molecule is CCNC(=NCc1cccc(OCCOC)c1)NC1CCN(c2cccs2)CC1. The van der Waals surface area contributed by atoms with Crippen molar-refractivity contribution in [3.63, 3.8) is 0 Å². The smallest absolute Gasteiger partial charge is 0.191 e. The molecule has 3 rings (SSSR count). The van der Waals surface area contributed by atoms with Gasteiger partial charge in [-0.3, -0.25) is 0 Å². The van der Waals surface area contributed by atoms with Crippen LogP contribution in [-0.4, -0.2) is 52.0 Å². The molecule has 2 aromatic rings. The van der Waals surface area contributed by atoms with Gasteiger partial charge < -0.3 is 25.0 Å². The van der Waals surface area contributed by atoms with E-state index < -0.39 is 0 Å². The number of methoxy groups -OCH3 is 1. The third-order valence-electron chi connectivity index (χ3n) is 4.87. The van der Waals surface area contributed by atoms with Crippen LogP contribution in [0.15, 0.2) is 46.8 Å². The van der Waals surface area contributed by atoms with Crippen molar-refractivity contribution in [2.45, 2.75) is 32.4 Å². The number of hydrogen-bond donors (Lipinski definition) is 2. The summed E-state index contributed by atoms with van der Waals surface area (Å²) in [5, 5.41) is 10.5. The van der Waals surface area contributed by atoms with Gasteiger partial charge in [0.05, 0.1) is 18.2 Å². The van der Waals surface area contributed by atoms with Crippen LogP contribution < -0.4 is 20.3 Å². The Hall–Kier alpha value is -2.25. The highest BCUT2D eigenvalue weighted by molar-refractivity contribution is 7.14. The molecule has 0 atom stereocenters. The zero-order chi connectivity index (χ0) is 20.3. The molecule has 29 heavy (non-hydrogen) atoms. The van der Waals surface area contributed by atoms with E-state index >= 15 is 0 Å². The lowest BCUT2D eigenvalue weighted by Gasteiger charge is -2.33. The molecule has 0 radical (unpaired) electrons. The summed E-state index contributed by atoms with van der Waals surface area (Å²) >= 11 is 1.82. The Kier molecular flexibility index (Phi) is 8.64. The van der Waals surface area contributed by atoms with Gasteiger partial charge in [0.1, 0.15) is 12.4 Å². The number of ether oxygens (including phenoxy) is 2. The third-order valence-corrected chi connectivity index (χ3v) is 5.80. The number of aliphatic imine (C=N–C) groups is 1. The predicted octanol–water partition coefficient (Wildman–Crippen LogP) is 3.50. The monoisotopic (exact) mass is 416 g/mol. The Labute approximate surface area is 177 Å². The number of guanidine groups is 1. The van der Waals surface area contributed by atoms with Crippen molar-refractivity contribution in [2.75, 3.05) is 44.9 Å². The van der Waals surface area contributed by atoms with Crippen LogP contribution in [0.2, 0.25) is 0 Å². The summed E-state index contributed by atoms with van der Waals surface area (Å²) in [6, 6.07) is 12.9. The second-order valence-corrected chi connectivity index (χ2v) is 7.97. The van der Waals surface area contributed by atoms with E-state index in [2.05, 4.69) is 46.0 Å². The lowest BCUT2D eigenvalue weighted by atomic mass is 10.1. The lowest BCUT2D eigenvalue weighted by Crippen LogP contribution is -2.48. The minimum absolute atomic E-state index is 0.452. The molecule has 0 bridgehead atoms. The first-order chi connectivity index (χ1) is 14.3. The van der Waals surface area contributed by atoms with Crippen molar-refractivity contribution in [1.29, 1.82) is 0 Å². The highest BCUT2D eigenvalue weighted by atomic mass is 32.1. The largest absolute Gasteiger partial charge is 0.491 e. The average Bonchev–Trinajstić information content (AvgIpc) is 3.28. The molecule has 2 N–H and O–H groups in total. The molecule has 0 unspecified atom stereocenters. The van der Waals surface area contributed by atoms with Gasteiger partial charge in [0, 0.05) is 32.8 Å². The summed E-state index contributed by atoms with van der Waals surface area (Å²) in [4.78, 5) is 7.26. The molecule has 2 heterocycles. The molecule has 1 aromatic carbocycles. The average molecular weight is 417 g/mol. The Balaban J connectivity index is 1.51. The van der Waals surface area contributed by atoms with E-state index in [1.54, 1.807) is 7.11 Å². The van der Waals surface area contributed by atoms with Crippen molar-refractivity contribution < 1.29 is 9.47 Å². The minimum atomic E-state index is 0.452. The first kappa shape index (κ1) is 21.5. The maximum atomic E-state index is 5.70. The van der Waals surface area contributed by atoms with E-state index in [9.17, 15) is 0 Å². The van der Waals surface area contributed by atoms with Gasteiger partial charge >= 0.3 is 0 Å². The summed E-state index contributed by atoms with van der Waals surface area (Å²) in [7, 11) is 1.68. The molecule has 1 aliphatic rings. The van der Waals surface area contributed by atoms with Gasteiger partial charge in [0.2, 0.25) is 0 Å². The topological polar surface area (TPSA) is 58.1 Å². The number of hydrogen-bond acceptors (Lipinski definition) is 5. The molecule has 1 fully saturated rings. The van der Waals surface area contributed by atoms with Gasteiger partial charge in [-0.15, -0.1) is 11.3 Å². The maximum absolute atomic E-state index is 5.70. The molecule has 6 nitrogen and oxygen atoms in total. The number of thiophene rings is 1. The van der Waals surface area contributed by atoms with Gasteiger partial charge in [0.25, 0.3) is 0 Å². The molecule has 7 heteroatoms. The Morgan fingerprint density at radius 3 is 2.79 bits per heavy atom. The van der Waals surface area contributed by atoms with Crippen molar-refractivity contribution >= 4 is 22.3 Å². The Morgan fingerprint density at radius 2 is 2.07 bits per heavy atom. The van der Waals surface area contributed by atoms with E-state index in [4.69, 9.17) is 14.5 Å². The van der Waals surface area contributed by atoms with E-state index in [-0.39, 0.29) is 0 Å². The fourth-order valence-electron chi connectivity index (χ4n) is 3.35. The third kappa shape index (κ3) is 6.94. The predicted molar refractivity (Wildman–Crippen MR) is 121 cm³/mol. The quantitative estimate of drug-likeness (QED) is 0.372. The Bertz CT molecular complexity index is 743. The van der Waals surface area contributed by atoms with Crippen molar-refractivity contribution in [3.8, 4) is 5.75 Å². The van der Waals surface area contributed by atoms with Gasteiger partial charge in [0.15, 0.2) is 5.96 Å². The molecular weight excluding hydrogens is 384 g/mol. The van der Waals surface area contributed by atoms with Crippen molar-refractivity contribution in [2.24, 2.45) is 4.99 Å².